The molecule has 0 unspecified atom stereocenters. The van der Waals surface area contributed by atoms with Crippen LogP contribution in [0.1, 0.15) is 44.3 Å². The second-order valence-corrected chi connectivity index (χ2v) is 7.08. The predicted octanol–water partition coefficient (Wildman–Crippen LogP) is -0.158. The van der Waals surface area contributed by atoms with Crippen molar-refractivity contribution in [3.05, 3.63) is 42.4 Å². The second-order valence-electron chi connectivity index (χ2n) is 7.08. The summed E-state index contributed by atoms with van der Waals surface area (Å²) in [5.41, 5.74) is 2.46. The first-order valence-corrected chi connectivity index (χ1v) is 9.28. The molecule has 4 nitrogen and oxygen atoms in total. The lowest BCUT2D eigenvalue weighted by Gasteiger charge is -2.22. The molecule has 0 radical (unpaired) electrons. The molecular weight excluding hydrogens is 334 g/mol. The van der Waals surface area contributed by atoms with E-state index in [2.05, 4.69) is 44.9 Å². The molecule has 5 heteroatoms. The number of nitrogens with one attached hydrogen (secondary N) is 1. The first-order valence-electron chi connectivity index (χ1n) is 9.28. The molecule has 4 rings (SSSR count). The van der Waals surface area contributed by atoms with Crippen LogP contribution in [-0.4, -0.2) is 16.5 Å². The number of carbonyl (C=O) groups excluding carboxylic acids is 1. The van der Waals surface area contributed by atoms with Crippen LogP contribution in [-0.2, 0) is 24.3 Å². The minimum Gasteiger partial charge on any atom is -1.00 e. The third-order valence-electron chi connectivity index (χ3n) is 5.35. The number of nitrogens with zero attached hydrogens (tertiary/aromatic N) is 2. The van der Waals surface area contributed by atoms with Gasteiger partial charge in [-0.25, -0.2) is 9.13 Å². The zero-order valence-electron chi connectivity index (χ0n) is 14.6. The summed E-state index contributed by atoms with van der Waals surface area (Å²) in [5, 5.41) is 3.24. The van der Waals surface area contributed by atoms with Crippen molar-refractivity contribution in [1.29, 1.82) is 0 Å². The molecule has 1 N–H and O–H groups in total. The molecule has 1 aromatic carbocycles. The van der Waals surface area contributed by atoms with Gasteiger partial charge in [0.05, 0.1) is 13.0 Å². The Bertz CT molecular complexity index is 720. The highest BCUT2D eigenvalue weighted by atomic mass is 35.5. The third kappa shape index (κ3) is 3.90. The van der Waals surface area contributed by atoms with E-state index in [1.807, 2.05) is 6.07 Å². The monoisotopic (exact) mass is 359 g/mol. The molecule has 2 aliphatic rings. The van der Waals surface area contributed by atoms with E-state index in [0.29, 0.717) is 12.6 Å². The van der Waals surface area contributed by atoms with Gasteiger partial charge in [0.2, 0.25) is 0 Å². The van der Waals surface area contributed by atoms with Gasteiger partial charge in [0.1, 0.15) is 6.20 Å². The normalized spacial score (nSPS) is 17.0. The lowest BCUT2D eigenvalue weighted by Crippen LogP contribution is -3.00. The Hall–Kier alpha value is -1.81. The van der Waals surface area contributed by atoms with Crippen LogP contribution in [0.15, 0.2) is 36.5 Å². The first kappa shape index (κ1) is 18.0. The maximum Gasteiger partial charge on any atom is 0.262 e. The quantitative estimate of drug-likeness (QED) is 0.757. The van der Waals surface area contributed by atoms with Crippen molar-refractivity contribution in [3.63, 3.8) is 0 Å². The Morgan fingerprint density at radius 2 is 1.88 bits per heavy atom. The Balaban J connectivity index is 0.00000182. The lowest BCUT2D eigenvalue weighted by atomic mass is 9.95. The molecular formula is C20H26ClN3O. The summed E-state index contributed by atoms with van der Waals surface area (Å²) in [4.78, 5) is 12.5. The van der Waals surface area contributed by atoms with Gasteiger partial charge in [0.25, 0.3) is 11.7 Å². The van der Waals surface area contributed by atoms with Crippen LogP contribution in [0.5, 0.6) is 0 Å². The topological polar surface area (TPSA) is 37.9 Å². The van der Waals surface area contributed by atoms with E-state index in [-0.39, 0.29) is 18.3 Å². The molecule has 1 amide bonds. The van der Waals surface area contributed by atoms with Gasteiger partial charge >= 0.3 is 0 Å². The maximum absolute atomic E-state index is 12.5. The maximum atomic E-state index is 12.5. The summed E-state index contributed by atoms with van der Waals surface area (Å²) in [5.74, 6) is 1.44. The molecule has 1 saturated carbocycles. The summed E-state index contributed by atoms with van der Waals surface area (Å²) < 4.78 is 4.54. The van der Waals surface area contributed by atoms with Crippen LogP contribution in [0, 0.1) is 0 Å². The highest BCUT2D eigenvalue weighted by molar-refractivity contribution is 5.74. The third-order valence-corrected chi connectivity index (χ3v) is 5.35. The molecule has 2 aromatic rings. The summed E-state index contributed by atoms with van der Waals surface area (Å²) >= 11 is 0. The van der Waals surface area contributed by atoms with Crippen molar-refractivity contribution >= 4 is 5.91 Å². The Morgan fingerprint density at radius 3 is 2.64 bits per heavy atom. The molecule has 25 heavy (non-hydrogen) atoms. The average Bonchev–Trinajstić information content (AvgIpc) is 3.20. The predicted molar refractivity (Wildman–Crippen MR) is 93.4 cm³/mol. The molecule has 1 fully saturated rings. The van der Waals surface area contributed by atoms with Gasteiger partial charge in [0, 0.05) is 11.6 Å². The fraction of sp³-hybridized carbons (Fsp3) is 0.500. The van der Waals surface area contributed by atoms with Gasteiger partial charge in [0.15, 0.2) is 12.2 Å². The number of aromatic nitrogens is 2. The highest BCUT2D eigenvalue weighted by Crippen LogP contribution is 2.24. The Kier molecular flexibility index (Phi) is 5.79. The van der Waals surface area contributed by atoms with Crippen LogP contribution in [0.25, 0.3) is 11.3 Å². The molecule has 1 aromatic heterocycles. The number of hydrogen-bond acceptors (Lipinski definition) is 1. The number of carbonyl (C=O) groups is 1. The molecule has 1 aliphatic carbocycles. The van der Waals surface area contributed by atoms with E-state index in [1.165, 1.54) is 42.8 Å². The van der Waals surface area contributed by atoms with Crippen molar-refractivity contribution in [3.8, 4) is 11.3 Å². The number of amides is 1. The fourth-order valence-corrected chi connectivity index (χ4v) is 4.16. The Labute approximate surface area is 155 Å². The van der Waals surface area contributed by atoms with Gasteiger partial charge in [-0.2, -0.15) is 0 Å². The van der Waals surface area contributed by atoms with Gasteiger partial charge in [-0.1, -0.05) is 49.6 Å². The van der Waals surface area contributed by atoms with Crippen LogP contribution in [0.2, 0.25) is 0 Å². The smallest absolute Gasteiger partial charge is 0.262 e. The number of benzene rings is 1. The summed E-state index contributed by atoms with van der Waals surface area (Å²) in [6.45, 7) is 1.50. The number of imidazole rings is 1. The highest BCUT2D eigenvalue weighted by Gasteiger charge is 2.29. The molecule has 0 atom stereocenters. The van der Waals surface area contributed by atoms with E-state index in [0.717, 1.165) is 25.8 Å². The van der Waals surface area contributed by atoms with Crippen LogP contribution in [0.4, 0.5) is 0 Å². The molecule has 2 heterocycles. The standard InChI is InChI=1S/C20H25N3O.ClH/c24-19(21-17-10-5-2-6-11-17)15-22-14-18(16-8-3-1-4-9-16)23-13-7-12-20(22)23;/h1,3-4,8-9,14,17H,2,5-7,10-13,15H2;1H. The van der Waals surface area contributed by atoms with Crippen molar-refractivity contribution in [2.24, 2.45) is 0 Å². The summed E-state index contributed by atoms with van der Waals surface area (Å²) in [7, 11) is 0. The minimum absolute atomic E-state index is 0. The zero-order chi connectivity index (χ0) is 16.4. The summed E-state index contributed by atoms with van der Waals surface area (Å²) in [6, 6.07) is 10.9. The molecule has 134 valence electrons. The van der Waals surface area contributed by atoms with Crippen LogP contribution in [0.3, 0.4) is 0 Å². The number of fused-ring (bicyclic) bond motifs is 1. The number of rotatable bonds is 4. The van der Waals surface area contributed by atoms with Gasteiger partial charge < -0.3 is 17.7 Å². The van der Waals surface area contributed by atoms with Crippen LogP contribution < -0.4 is 22.3 Å². The van der Waals surface area contributed by atoms with E-state index < -0.39 is 0 Å². The number of hydrogen-bond donors (Lipinski definition) is 1. The zero-order valence-corrected chi connectivity index (χ0v) is 15.3. The second kappa shape index (κ2) is 8.05. The van der Waals surface area contributed by atoms with Crippen molar-refractivity contribution < 1.29 is 21.8 Å². The molecule has 0 saturated heterocycles. The van der Waals surface area contributed by atoms with Crippen LogP contribution >= 0.6 is 0 Å². The molecule has 1 aliphatic heterocycles. The molecule has 0 bridgehead atoms. The van der Waals surface area contributed by atoms with Gasteiger partial charge in [-0.15, -0.1) is 0 Å². The SMILES string of the molecule is O=C(C[n+]1cc(-c2ccccc2)n2c1CCC2)NC1CCCCC1.[Cl-]. The molecule has 0 spiro atoms. The lowest BCUT2D eigenvalue weighted by molar-refractivity contribution is -0.690. The first-order chi connectivity index (χ1) is 11.8. The van der Waals surface area contributed by atoms with E-state index >= 15 is 0 Å². The number of halogens is 1. The Morgan fingerprint density at radius 1 is 1.12 bits per heavy atom. The van der Waals surface area contributed by atoms with Gasteiger partial charge in [-0.3, -0.25) is 4.79 Å². The van der Waals surface area contributed by atoms with Gasteiger partial charge in [-0.05, 0) is 19.3 Å². The van der Waals surface area contributed by atoms with Crippen molar-refractivity contribution in [2.75, 3.05) is 0 Å². The van der Waals surface area contributed by atoms with Crippen molar-refractivity contribution in [2.45, 2.75) is 64.1 Å². The summed E-state index contributed by atoms with van der Waals surface area (Å²) in [6.07, 6.45) is 10.5. The fourth-order valence-electron chi connectivity index (χ4n) is 4.16. The van der Waals surface area contributed by atoms with E-state index in [9.17, 15) is 4.79 Å². The van der Waals surface area contributed by atoms with E-state index in [4.69, 9.17) is 0 Å². The van der Waals surface area contributed by atoms with E-state index in [1.54, 1.807) is 0 Å². The van der Waals surface area contributed by atoms with Crippen molar-refractivity contribution in [1.82, 2.24) is 9.88 Å². The minimum atomic E-state index is 0. The largest absolute Gasteiger partial charge is 1.00 e. The average molecular weight is 360 g/mol.